The minimum Gasteiger partial charge on any atom is -0.399 e. The Labute approximate surface area is 225 Å². The van der Waals surface area contributed by atoms with Gasteiger partial charge in [-0.1, -0.05) is 10.2 Å². The standard InChI is InChI=1S/C13H17N5O3.C11H15N5O2/c1-10(19)17-12-4-2-11(3-5-12)13(20)15-6-8-21-9-7-16-18-14;12-10-3-1-9(2-4-10)11(17)14-5-7-18-8-6-15-16-13/h2-5H,6-9H2,1H3,(H,15,20)(H,17,19);1-4H,5-8,12H2,(H,14,17). The highest BCUT2D eigenvalue weighted by Crippen LogP contribution is 2.09. The number of benzene rings is 2. The van der Waals surface area contributed by atoms with Crippen LogP contribution in [-0.2, 0) is 14.3 Å². The van der Waals surface area contributed by atoms with Crippen LogP contribution in [0.15, 0.2) is 58.8 Å². The van der Waals surface area contributed by atoms with Gasteiger partial charge in [0.25, 0.3) is 11.8 Å². The van der Waals surface area contributed by atoms with E-state index < -0.39 is 0 Å². The van der Waals surface area contributed by atoms with Gasteiger partial charge in [0.1, 0.15) is 0 Å². The van der Waals surface area contributed by atoms with E-state index in [2.05, 4.69) is 36.0 Å². The second-order valence-electron chi connectivity index (χ2n) is 7.53. The predicted octanol–water partition coefficient (Wildman–Crippen LogP) is 3.03. The van der Waals surface area contributed by atoms with Crippen molar-refractivity contribution in [2.45, 2.75) is 6.92 Å². The Balaban J connectivity index is 0.000000395. The lowest BCUT2D eigenvalue weighted by Gasteiger charge is -2.07. The molecule has 0 aliphatic heterocycles. The molecule has 0 unspecified atom stereocenters. The average Bonchev–Trinajstić information content (AvgIpc) is 2.92. The SMILES string of the molecule is CC(=O)Nc1ccc(C(=O)NCCOCCN=[N+]=[N-])cc1.[N-]=[N+]=NCCOCCNC(=O)c1ccc(N)cc1. The van der Waals surface area contributed by atoms with Crippen molar-refractivity contribution in [3.63, 3.8) is 0 Å². The number of hydrogen-bond donors (Lipinski definition) is 4. The molecule has 0 saturated heterocycles. The van der Waals surface area contributed by atoms with Crippen LogP contribution >= 0.6 is 0 Å². The van der Waals surface area contributed by atoms with Crippen molar-refractivity contribution in [3.05, 3.63) is 80.5 Å². The Morgan fingerprint density at radius 2 is 1.21 bits per heavy atom. The van der Waals surface area contributed by atoms with Gasteiger partial charge in [0.05, 0.1) is 26.4 Å². The third kappa shape index (κ3) is 15.8. The second-order valence-corrected chi connectivity index (χ2v) is 7.53. The fourth-order valence-electron chi connectivity index (χ4n) is 2.72. The van der Waals surface area contributed by atoms with E-state index >= 15 is 0 Å². The predicted molar refractivity (Wildman–Crippen MR) is 146 cm³/mol. The Morgan fingerprint density at radius 3 is 1.62 bits per heavy atom. The molecule has 0 aliphatic carbocycles. The lowest BCUT2D eigenvalue weighted by Crippen LogP contribution is -2.27. The number of anilines is 2. The lowest BCUT2D eigenvalue weighted by molar-refractivity contribution is -0.114. The Kier molecular flexibility index (Phi) is 16.7. The molecule has 15 nitrogen and oxygen atoms in total. The van der Waals surface area contributed by atoms with E-state index in [-0.39, 0.29) is 24.3 Å². The number of carbonyl (C=O) groups is 3. The first-order valence-corrected chi connectivity index (χ1v) is 11.8. The molecule has 0 fully saturated rings. The fourth-order valence-corrected chi connectivity index (χ4v) is 2.72. The van der Waals surface area contributed by atoms with Gasteiger partial charge in [-0.05, 0) is 59.6 Å². The number of amides is 3. The molecule has 0 radical (unpaired) electrons. The summed E-state index contributed by atoms with van der Waals surface area (Å²) in [4.78, 5) is 39.5. The van der Waals surface area contributed by atoms with Crippen molar-refractivity contribution in [1.82, 2.24) is 10.6 Å². The van der Waals surface area contributed by atoms with Crippen LogP contribution in [0.4, 0.5) is 11.4 Å². The molecule has 39 heavy (non-hydrogen) atoms. The smallest absolute Gasteiger partial charge is 0.251 e. The third-order valence-electron chi connectivity index (χ3n) is 4.50. The van der Waals surface area contributed by atoms with Crippen LogP contribution in [0.1, 0.15) is 27.6 Å². The Morgan fingerprint density at radius 1 is 0.769 bits per heavy atom. The maximum Gasteiger partial charge on any atom is 0.251 e. The number of nitrogen functional groups attached to an aromatic ring is 1. The van der Waals surface area contributed by atoms with Crippen molar-refractivity contribution in [2.24, 2.45) is 10.2 Å². The average molecular weight is 541 g/mol. The largest absolute Gasteiger partial charge is 0.399 e. The van der Waals surface area contributed by atoms with Gasteiger partial charge in [-0.3, -0.25) is 14.4 Å². The minimum absolute atomic E-state index is 0.162. The van der Waals surface area contributed by atoms with E-state index in [1.807, 2.05) is 0 Å². The quantitative estimate of drug-likeness (QED) is 0.0871. The first kappa shape index (κ1) is 32.2. The molecule has 5 N–H and O–H groups in total. The molecule has 0 aromatic heterocycles. The maximum absolute atomic E-state index is 11.8. The van der Waals surface area contributed by atoms with Gasteiger partial charge in [-0.2, -0.15) is 0 Å². The highest BCUT2D eigenvalue weighted by Gasteiger charge is 2.05. The first-order valence-electron chi connectivity index (χ1n) is 11.8. The maximum atomic E-state index is 11.8. The van der Waals surface area contributed by atoms with Crippen LogP contribution in [0, 0.1) is 0 Å². The zero-order valence-corrected chi connectivity index (χ0v) is 21.6. The molecule has 0 heterocycles. The van der Waals surface area contributed by atoms with E-state index in [0.717, 1.165) is 0 Å². The molecule has 0 saturated carbocycles. The summed E-state index contributed by atoms with van der Waals surface area (Å²) in [6.07, 6.45) is 0. The van der Waals surface area contributed by atoms with Crippen molar-refractivity contribution >= 4 is 29.1 Å². The van der Waals surface area contributed by atoms with E-state index in [4.69, 9.17) is 26.3 Å². The van der Waals surface area contributed by atoms with Gasteiger partial charge < -0.3 is 31.2 Å². The fraction of sp³-hybridized carbons (Fsp3) is 0.375. The molecule has 0 aliphatic rings. The molecular formula is C24H32N10O5. The van der Waals surface area contributed by atoms with E-state index in [9.17, 15) is 14.4 Å². The van der Waals surface area contributed by atoms with Crippen LogP contribution in [0.3, 0.4) is 0 Å². The molecule has 2 aromatic rings. The van der Waals surface area contributed by atoms with Crippen molar-refractivity contribution < 1.29 is 23.9 Å². The number of rotatable bonds is 15. The van der Waals surface area contributed by atoms with Gasteiger partial charge >= 0.3 is 0 Å². The first-order chi connectivity index (χ1) is 18.9. The Hall–Kier alpha value is -4.81. The number of azide groups is 2. The number of hydrogen-bond acceptors (Lipinski definition) is 8. The van der Waals surface area contributed by atoms with Crippen LogP contribution in [0.25, 0.3) is 20.9 Å². The summed E-state index contributed by atoms with van der Waals surface area (Å²) in [7, 11) is 0. The summed E-state index contributed by atoms with van der Waals surface area (Å²) in [5.74, 6) is -0.554. The normalized spacial score (nSPS) is 9.56. The van der Waals surface area contributed by atoms with Gasteiger partial charge in [-0.25, -0.2) is 0 Å². The van der Waals surface area contributed by atoms with Gasteiger partial charge in [-0.15, -0.1) is 0 Å². The lowest BCUT2D eigenvalue weighted by atomic mass is 10.2. The van der Waals surface area contributed by atoms with E-state index in [1.54, 1.807) is 48.5 Å². The van der Waals surface area contributed by atoms with Crippen LogP contribution in [0.2, 0.25) is 0 Å². The monoisotopic (exact) mass is 540 g/mol. The summed E-state index contributed by atoms with van der Waals surface area (Å²) in [5.41, 5.74) is 23.9. The topological polar surface area (TPSA) is 229 Å². The number of carbonyl (C=O) groups excluding carboxylic acids is 3. The molecule has 15 heteroatoms. The van der Waals surface area contributed by atoms with Gasteiger partial charge in [0, 0.05) is 65.4 Å². The van der Waals surface area contributed by atoms with Crippen molar-refractivity contribution in [2.75, 3.05) is 63.7 Å². The number of nitrogens with zero attached hydrogens (tertiary/aromatic N) is 6. The molecule has 2 rings (SSSR count). The summed E-state index contributed by atoms with van der Waals surface area (Å²) in [5, 5.41) is 14.7. The number of ether oxygens (including phenoxy) is 2. The molecule has 0 bridgehead atoms. The summed E-state index contributed by atoms with van der Waals surface area (Å²) in [6.45, 7) is 4.15. The van der Waals surface area contributed by atoms with E-state index in [1.165, 1.54) is 6.92 Å². The third-order valence-corrected chi connectivity index (χ3v) is 4.50. The van der Waals surface area contributed by atoms with Crippen LogP contribution in [-0.4, -0.2) is 70.3 Å². The molecule has 0 spiro atoms. The second kappa shape index (κ2) is 20.3. The molecule has 208 valence electrons. The highest BCUT2D eigenvalue weighted by atomic mass is 16.5. The zero-order valence-electron chi connectivity index (χ0n) is 21.6. The van der Waals surface area contributed by atoms with Gasteiger partial charge in [0.2, 0.25) is 5.91 Å². The molecular weight excluding hydrogens is 508 g/mol. The van der Waals surface area contributed by atoms with Crippen molar-refractivity contribution in [3.8, 4) is 0 Å². The molecule has 0 atom stereocenters. The van der Waals surface area contributed by atoms with Crippen LogP contribution < -0.4 is 21.7 Å². The minimum atomic E-state index is -0.219. The summed E-state index contributed by atoms with van der Waals surface area (Å²) >= 11 is 0. The summed E-state index contributed by atoms with van der Waals surface area (Å²) in [6, 6.07) is 13.2. The summed E-state index contributed by atoms with van der Waals surface area (Å²) < 4.78 is 10.3. The number of nitrogens with one attached hydrogen (secondary N) is 3. The van der Waals surface area contributed by atoms with E-state index in [0.29, 0.717) is 68.6 Å². The molecule has 3 amide bonds. The van der Waals surface area contributed by atoms with Crippen molar-refractivity contribution in [1.29, 1.82) is 0 Å². The highest BCUT2D eigenvalue weighted by molar-refractivity contribution is 5.95. The van der Waals surface area contributed by atoms with Gasteiger partial charge in [0.15, 0.2) is 0 Å². The van der Waals surface area contributed by atoms with Crippen LogP contribution in [0.5, 0.6) is 0 Å². The molecule has 2 aromatic carbocycles. The Bertz CT molecular complexity index is 1130. The zero-order chi connectivity index (χ0) is 28.7. The number of nitrogens with two attached hydrogens (primary N) is 1.